The molecular weight excluding hydrogens is 621 g/mol. The number of esters is 1. The van der Waals surface area contributed by atoms with E-state index in [2.05, 4.69) is 5.32 Å². The van der Waals surface area contributed by atoms with Crippen molar-refractivity contribution in [3.8, 4) is 11.4 Å². The summed E-state index contributed by atoms with van der Waals surface area (Å²) in [5.74, 6) is -5.96. The lowest BCUT2D eigenvalue weighted by atomic mass is 9.81. The molecule has 3 aromatic rings. The van der Waals surface area contributed by atoms with Crippen LogP contribution >= 0.6 is 0 Å². The topological polar surface area (TPSA) is 140 Å². The maximum Gasteiger partial charge on any atom is 0.411 e. The van der Waals surface area contributed by atoms with Gasteiger partial charge in [0.15, 0.2) is 11.6 Å². The number of ether oxygens (including phenoxy) is 2. The Morgan fingerprint density at radius 1 is 1.19 bits per heavy atom. The number of pyridine rings is 2. The molecule has 0 bridgehead atoms. The SMILES string of the molecule is CC[C@@]1(O)C(=O)OCc2c1cc1n(c2=O)Cc2c-1nc1cc(F)c(C)c3c1c2[C@@H](NC(=O)C1N(C(=O)OC(C)(C)C)CC1(F)F)CC3. The molecule has 0 spiro atoms. The average Bonchev–Trinajstić information content (AvgIpc) is 3.35. The Labute approximate surface area is 266 Å². The van der Waals surface area contributed by atoms with E-state index < -0.39 is 65.1 Å². The summed E-state index contributed by atoms with van der Waals surface area (Å²) in [7, 11) is 0. The minimum Gasteiger partial charge on any atom is -0.458 e. The first-order valence-electron chi connectivity index (χ1n) is 15.5. The van der Waals surface area contributed by atoms with Crippen LogP contribution in [0.1, 0.15) is 80.0 Å². The third-order valence-electron chi connectivity index (χ3n) is 9.66. The van der Waals surface area contributed by atoms with Gasteiger partial charge in [-0.3, -0.25) is 14.5 Å². The predicted molar refractivity (Wildman–Crippen MR) is 160 cm³/mol. The molecule has 3 aliphatic heterocycles. The van der Waals surface area contributed by atoms with Gasteiger partial charge in [0.1, 0.15) is 18.0 Å². The van der Waals surface area contributed by atoms with Gasteiger partial charge in [-0.15, -0.1) is 0 Å². The number of carbonyl (C=O) groups excluding carboxylic acids is 3. The summed E-state index contributed by atoms with van der Waals surface area (Å²) in [4.78, 5) is 58.1. The second-order valence-electron chi connectivity index (χ2n) is 13.7. The molecule has 1 fully saturated rings. The first kappa shape index (κ1) is 31.2. The van der Waals surface area contributed by atoms with Crippen LogP contribution in [0.15, 0.2) is 16.9 Å². The number of aliphatic hydroxyl groups is 1. The van der Waals surface area contributed by atoms with Crippen LogP contribution in [0.25, 0.3) is 22.3 Å². The average molecular weight is 655 g/mol. The van der Waals surface area contributed by atoms with Crippen molar-refractivity contribution in [3.63, 3.8) is 0 Å². The molecule has 14 heteroatoms. The zero-order chi connectivity index (χ0) is 34.0. The molecule has 0 radical (unpaired) electrons. The maximum absolute atomic E-state index is 15.2. The molecule has 7 rings (SSSR count). The van der Waals surface area contributed by atoms with Crippen LogP contribution in [0.5, 0.6) is 0 Å². The molecule has 1 aliphatic carbocycles. The normalized spacial score (nSPS) is 23.8. The molecular formula is C33H33F3N4O7. The second-order valence-corrected chi connectivity index (χ2v) is 13.7. The summed E-state index contributed by atoms with van der Waals surface area (Å²) in [6, 6.07) is -0.179. The quantitative estimate of drug-likeness (QED) is 0.318. The fourth-order valence-electron chi connectivity index (χ4n) is 7.29. The monoisotopic (exact) mass is 654 g/mol. The molecule has 2 aromatic heterocycles. The lowest BCUT2D eigenvalue weighted by Gasteiger charge is -2.46. The van der Waals surface area contributed by atoms with E-state index in [1.165, 1.54) is 16.7 Å². The van der Waals surface area contributed by atoms with Crippen LogP contribution in [-0.2, 0) is 44.2 Å². The van der Waals surface area contributed by atoms with Crippen LogP contribution in [-0.4, -0.2) is 61.6 Å². The van der Waals surface area contributed by atoms with E-state index in [-0.39, 0.29) is 54.0 Å². The number of nitrogens with zero attached hydrogens (tertiary/aromatic N) is 3. The highest BCUT2D eigenvalue weighted by atomic mass is 19.3. The Kier molecular flexibility index (Phi) is 6.64. The molecule has 3 atom stereocenters. The molecule has 5 heterocycles. The number of halogens is 3. The number of cyclic esters (lactones) is 1. The standard InChI is InChI=1S/C33H33F3N4O7/c1-6-32(45)18-9-22-25-16(11-39(22)28(42)17(18)12-46-29(32)43)24-20(8-7-15-14(2)19(34)10-21(37-25)23(15)24)38-27(41)26-33(35,36)13-40(26)30(44)47-31(3,4)5/h9-10,20,26,45H,6-8,11-13H2,1-5H3,(H,38,41)/t20-,26?,32-/m0/s1. The number of rotatable bonds is 3. The first-order chi connectivity index (χ1) is 22.0. The van der Waals surface area contributed by atoms with E-state index in [4.69, 9.17) is 14.5 Å². The molecule has 1 aromatic carbocycles. The molecule has 0 saturated carbocycles. The van der Waals surface area contributed by atoms with Gasteiger partial charge in [0.2, 0.25) is 5.91 Å². The van der Waals surface area contributed by atoms with Crippen LogP contribution in [0.2, 0.25) is 0 Å². The van der Waals surface area contributed by atoms with E-state index in [0.717, 1.165) is 0 Å². The summed E-state index contributed by atoms with van der Waals surface area (Å²) in [5, 5.41) is 14.5. The number of hydrogen-bond donors (Lipinski definition) is 2. The highest BCUT2D eigenvalue weighted by Crippen LogP contribution is 2.46. The Balaban J connectivity index is 1.35. The highest BCUT2D eigenvalue weighted by Gasteiger charge is 2.62. The number of aromatic nitrogens is 2. The number of fused-ring (bicyclic) bond motifs is 5. The molecule has 248 valence electrons. The van der Waals surface area contributed by atoms with Crippen molar-refractivity contribution in [1.29, 1.82) is 0 Å². The van der Waals surface area contributed by atoms with E-state index in [1.807, 2.05) is 0 Å². The molecule has 1 unspecified atom stereocenters. The van der Waals surface area contributed by atoms with Crippen molar-refractivity contribution in [2.45, 2.75) is 96.2 Å². The van der Waals surface area contributed by atoms with Crippen molar-refractivity contribution in [2.24, 2.45) is 0 Å². The zero-order valence-corrected chi connectivity index (χ0v) is 26.4. The highest BCUT2D eigenvalue weighted by molar-refractivity contribution is 5.95. The summed E-state index contributed by atoms with van der Waals surface area (Å²) in [6.07, 6.45) is -0.568. The fraction of sp³-hybridized carbons (Fsp3) is 0.485. The number of alkyl halides is 2. The van der Waals surface area contributed by atoms with Crippen molar-refractivity contribution < 1.29 is 42.1 Å². The van der Waals surface area contributed by atoms with Crippen LogP contribution in [0, 0.1) is 12.7 Å². The van der Waals surface area contributed by atoms with Gasteiger partial charge >= 0.3 is 12.1 Å². The zero-order valence-electron chi connectivity index (χ0n) is 26.4. The van der Waals surface area contributed by atoms with E-state index in [9.17, 15) is 33.1 Å². The van der Waals surface area contributed by atoms with Gasteiger partial charge < -0.3 is 24.5 Å². The van der Waals surface area contributed by atoms with Crippen LogP contribution in [0.4, 0.5) is 18.0 Å². The van der Waals surface area contributed by atoms with Crippen molar-refractivity contribution in [1.82, 2.24) is 19.8 Å². The van der Waals surface area contributed by atoms with Crippen molar-refractivity contribution >= 4 is 28.9 Å². The third-order valence-corrected chi connectivity index (χ3v) is 9.66. The number of amides is 2. The Morgan fingerprint density at radius 3 is 2.57 bits per heavy atom. The lowest BCUT2D eigenvalue weighted by molar-refractivity contribution is -0.185. The molecule has 2 N–H and O–H groups in total. The van der Waals surface area contributed by atoms with Gasteiger partial charge in [-0.1, -0.05) is 6.92 Å². The molecule has 4 aliphatic rings. The smallest absolute Gasteiger partial charge is 0.411 e. The summed E-state index contributed by atoms with van der Waals surface area (Å²) in [5.41, 5.74) is -0.442. The van der Waals surface area contributed by atoms with Crippen LogP contribution in [0.3, 0.4) is 0 Å². The maximum atomic E-state index is 15.2. The number of aryl methyl sites for hydroxylation is 1. The molecule has 47 heavy (non-hydrogen) atoms. The van der Waals surface area contributed by atoms with Gasteiger partial charge in [0, 0.05) is 22.6 Å². The summed E-state index contributed by atoms with van der Waals surface area (Å²) < 4.78 is 56.7. The Bertz CT molecular complexity index is 2000. The number of hydrogen-bond acceptors (Lipinski definition) is 8. The number of nitrogens with one attached hydrogen (secondary N) is 1. The first-order valence-corrected chi connectivity index (χ1v) is 15.5. The predicted octanol–water partition coefficient (Wildman–Crippen LogP) is 3.89. The van der Waals surface area contributed by atoms with E-state index >= 15 is 4.39 Å². The van der Waals surface area contributed by atoms with Crippen molar-refractivity contribution in [2.75, 3.05) is 6.54 Å². The van der Waals surface area contributed by atoms with Crippen LogP contribution < -0.4 is 10.9 Å². The number of benzene rings is 1. The molecule has 11 nitrogen and oxygen atoms in total. The third kappa shape index (κ3) is 4.47. The van der Waals surface area contributed by atoms with Crippen molar-refractivity contribution in [3.05, 3.63) is 61.7 Å². The molecule has 1 saturated heterocycles. The Morgan fingerprint density at radius 2 is 1.91 bits per heavy atom. The van der Waals surface area contributed by atoms with Gasteiger partial charge in [-0.25, -0.2) is 27.7 Å². The molecule has 2 amide bonds. The summed E-state index contributed by atoms with van der Waals surface area (Å²) in [6.45, 7) is 6.66. The van der Waals surface area contributed by atoms with Gasteiger partial charge in [-0.05, 0) is 69.7 Å². The fourth-order valence-corrected chi connectivity index (χ4v) is 7.29. The summed E-state index contributed by atoms with van der Waals surface area (Å²) >= 11 is 0. The number of carbonyl (C=O) groups is 3. The van der Waals surface area contributed by atoms with Gasteiger partial charge in [-0.2, -0.15) is 0 Å². The van der Waals surface area contributed by atoms with E-state index in [1.54, 1.807) is 34.6 Å². The Hall–Kier alpha value is -4.46. The second kappa shape index (κ2) is 10.0. The van der Waals surface area contributed by atoms with Gasteiger partial charge in [0.25, 0.3) is 11.5 Å². The van der Waals surface area contributed by atoms with Gasteiger partial charge in [0.05, 0.1) is 41.6 Å². The largest absolute Gasteiger partial charge is 0.458 e. The minimum atomic E-state index is -3.50. The number of likely N-dealkylation sites (tertiary alicyclic amines) is 1. The van der Waals surface area contributed by atoms with E-state index in [0.29, 0.717) is 39.0 Å². The minimum absolute atomic E-state index is 0.0145. The lowest BCUT2D eigenvalue weighted by Crippen LogP contribution is -2.72.